The molecule has 0 spiro atoms. The van der Waals surface area contributed by atoms with Gasteiger partial charge in [0.1, 0.15) is 10.6 Å². The molecule has 19 heavy (non-hydrogen) atoms. The van der Waals surface area contributed by atoms with E-state index in [2.05, 4.69) is 4.98 Å². The zero-order valence-corrected chi connectivity index (χ0v) is 11.7. The van der Waals surface area contributed by atoms with Gasteiger partial charge in [-0.25, -0.2) is 9.78 Å². The molecule has 2 aromatic rings. The molecule has 0 bridgehead atoms. The lowest BCUT2D eigenvalue weighted by Gasteiger charge is -2.04. The molecule has 0 amide bonds. The van der Waals surface area contributed by atoms with Crippen molar-refractivity contribution in [3.8, 4) is 5.75 Å². The molecular weight excluding hydrogens is 262 g/mol. The number of nitrogens with zero attached hydrogens (tertiary/aromatic N) is 1. The van der Waals surface area contributed by atoms with Gasteiger partial charge in [0, 0.05) is 6.42 Å². The van der Waals surface area contributed by atoms with Crippen molar-refractivity contribution in [2.45, 2.75) is 20.3 Å². The van der Waals surface area contributed by atoms with Crippen molar-refractivity contribution in [1.82, 2.24) is 4.98 Å². The number of thiazole rings is 1. The van der Waals surface area contributed by atoms with E-state index in [0.29, 0.717) is 23.6 Å². The van der Waals surface area contributed by atoms with E-state index in [1.807, 2.05) is 31.2 Å². The number of carboxylic acid groups (broad SMARTS) is 1. The highest BCUT2D eigenvalue weighted by atomic mass is 32.1. The van der Waals surface area contributed by atoms with Crippen LogP contribution in [-0.2, 0) is 6.42 Å². The molecule has 0 aliphatic rings. The van der Waals surface area contributed by atoms with Gasteiger partial charge in [0.15, 0.2) is 0 Å². The first-order valence-electron chi connectivity index (χ1n) is 5.95. The highest BCUT2D eigenvalue weighted by molar-refractivity contribution is 7.13. The van der Waals surface area contributed by atoms with E-state index in [1.54, 1.807) is 6.92 Å². The summed E-state index contributed by atoms with van der Waals surface area (Å²) in [7, 11) is 0. The van der Waals surface area contributed by atoms with E-state index in [4.69, 9.17) is 9.84 Å². The Labute approximate surface area is 115 Å². The van der Waals surface area contributed by atoms with Gasteiger partial charge in [-0.3, -0.25) is 0 Å². The zero-order valence-electron chi connectivity index (χ0n) is 10.8. The highest BCUT2D eigenvalue weighted by Gasteiger charge is 2.13. The predicted octanol–water partition coefficient (Wildman–Crippen LogP) is 3.08. The largest absolute Gasteiger partial charge is 0.493 e. The fraction of sp³-hybridized carbons (Fsp3) is 0.286. The summed E-state index contributed by atoms with van der Waals surface area (Å²) in [6, 6.07) is 7.83. The number of carboxylic acids is 1. The summed E-state index contributed by atoms with van der Waals surface area (Å²) in [4.78, 5) is 15.4. The van der Waals surface area contributed by atoms with Gasteiger partial charge in [0.25, 0.3) is 0 Å². The van der Waals surface area contributed by atoms with Crippen molar-refractivity contribution in [2.75, 3.05) is 6.61 Å². The number of carbonyl (C=O) groups is 1. The quantitative estimate of drug-likeness (QED) is 0.912. The minimum Gasteiger partial charge on any atom is -0.493 e. The van der Waals surface area contributed by atoms with Crippen LogP contribution < -0.4 is 4.74 Å². The van der Waals surface area contributed by atoms with Gasteiger partial charge < -0.3 is 9.84 Å². The second kappa shape index (κ2) is 5.84. The number of aryl methyl sites for hydroxylation is 2. The van der Waals surface area contributed by atoms with Crippen LogP contribution in [-0.4, -0.2) is 22.7 Å². The Morgan fingerprint density at radius 1 is 1.32 bits per heavy atom. The summed E-state index contributed by atoms with van der Waals surface area (Å²) in [5.74, 6) is -0.0990. The molecule has 0 aliphatic heterocycles. The molecule has 0 atom stereocenters. The standard InChI is InChI=1S/C14H15NO3S/c1-9-3-5-11(6-4-9)18-8-7-12-15-10(2)13(19-12)14(16)17/h3-6H,7-8H2,1-2H3,(H,16,17). The minimum absolute atomic E-state index is 0.310. The first-order chi connectivity index (χ1) is 9.06. The molecule has 100 valence electrons. The predicted molar refractivity (Wildman–Crippen MR) is 74.2 cm³/mol. The number of aromatic carboxylic acids is 1. The van der Waals surface area contributed by atoms with E-state index in [1.165, 1.54) is 16.9 Å². The maximum atomic E-state index is 10.9. The van der Waals surface area contributed by atoms with Crippen LogP contribution in [0.25, 0.3) is 0 Å². The summed E-state index contributed by atoms with van der Waals surface area (Å²) >= 11 is 1.21. The van der Waals surface area contributed by atoms with Crippen LogP contribution in [0.2, 0.25) is 0 Å². The summed E-state index contributed by atoms with van der Waals surface area (Å²) in [6.07, 6.45) is 0.618. The first kappa shape index (κ1) is 13.5. The van der Waals surface area contributed by atoms with Crippen molar-refractivity contribution in [1.29, 1.82) is 0 Å². The SMILES string of the molecule is Cc1ccc(OCCc2nc(C)c(C(=O)O)s2)cc1. The summed E-state index contributed by atoms with van der Waals surface area (Å²) < 4.78 is 5.59. The van der Waals surface area contributed by atoms with Gasteiger partial charge in [0.05, 0.1) is 17.3 Å². The number of benzene rings is 1. The van der Waals surface area contributed by atoms with Crippen LogP contribution in [0.1, 0.15) is 25.9 Å². The van der Waals surface area contributed by atoms with Crippen molar-refractivity contribution in [3.63, 3.8) is 0 Å². The molecule has 0 saturated heterocycles. The second-order valence-corrected chi connectivity index (χ2v) is 5.32. The molecule has 0 aliphatic carbocycles. The van der Waals surface area contributed by atoms with Gasteiger partial charge in [-0.1, -0.05) is 17.7 Å². The normalized spacial score (nSPS) is 10.4. The Morgan fingerprint density at radius 3 is 2.58 bits per heavy atom. The summed E-state index contributed by atoms with van der Waals surface area (Å²) in [5, 5.41) is 9.74. The molecule has 0 radical (unpaired) electrons. The number of hydrogen-bond acceptors (Lipinski definition) is 4. The van der Waals surface area contributed by atoms with Crippen molar-refractivity contribution in [3.05, 3.63) is 45.4 Å². The fourth-order valence-electron chi connectivity index (χ4n) is 1.65. The van der Waals surface area contributed by atoms with Gasteiger partial charge in [-0.2, -0.15) is 0 Å². The number of ether oxygens (including phenoxy) is 1. The van der Waals surface area contributed by atoms with Gasteiger partial charge >= 0.3 is 5.97 Å². The summed E-state index contributed by atoms with van der Waals surface area (Å²) in [6.45, 7) is 4.23. The van der Waals surface area contributed by atoms with Crippen LogP contribution in [0.5, 0.6) is 5.75 Å². The molecular formula is C14H15NO3S. The molecule has 1 aromatic carbocycles. The first-order valence-corrected chi connectivity index (χ1v) is 6.77. The van der Waals surface area contributed by atoms with Crippen LogP contribution >= 0.6 is 11.3 Å². The molecule has 1 aromatic heterocycles. The van der Waals surface area contributed by atoms with Crippen LogP contribution in [0.4, 0.5) is 0 Å². The fourth-order valence-corrected chi connectivity index (χ4v) is 2.53. The maximum Gasteiger partial charge on any atom is 0.347 e. The van der Waals surface area contributed by atoms with Crippen LogP contribution in [0, 0.1) is 13.8 Å². The van der Waals surface area contributed by atoms with Crippen LogP contribution in [0.3, 0.4) is 0 Å². The van der Waals surface area contributed by atoms with Gasteiger partial charge in [0.2, 0.25) is 0 Å². The van der Waals surface area contributed by atoms with Crippen molar-refractivity contribution in [2.24, 2.45) is 0 Å². The topological polar surface area (TPSA) is 59.4 Å². The average Bonchev–Trinajstić information content (AvgIpc) is 2.73. The van der Waals surface area contributed by atoms with E-state index >= 15 is 0 Å². The average molecular weight is 277 g/mol. The number of aromatic nitrogens is 1. The Kier molecular flexibility index (Phi) is 4.16. The van der Waals surface area contributed by atoms with Crippen LogP contribution in [0.15, 0.2) is 24.3 Å². The Hall–Kier alpha value is -1.88. The zero-order chi connectivity index (χ0) is 13.8. The molecule has 4 nitrogen and oxygen atoms in total. The van der Waals surface area contributed by atoms with E-state index in [9.17, 15) is 4.79 Å². The third-order valence-corrected chi connectivity index (χ3v) is 3.85. The molecule has 0 saturated carbocycles. The molecule has 1 N–H and O–H groups in total. The monoisotopic (exact) mass is 277 g/mol. The lowest BCUT2D eigenvalue weighted by Crippen LogP contribution is -2.00. The van der Waals surface area contributed by atoms with Crippen molar-refractivity contribution < 1.29 is 14.6 Å². The minimum atomic E-state index is -0.916. The van der Waals surface area contributed by atoms with Crippen molar-refractivity contribution >= 4 is 17.3 Å². The number of hydrogen-bond donors (Lipinski definition) is 1. The Bertz CT molecular complexity index is 575. The molecule has 1 heterocycles. The lowest BCUT2D eigenvalue weighted by atomic mass is 10.2. The van der Waals surface area contributed by atoms with E-state index in [-0.39, 0.29) is 0 Å². The van der Waals surface area contributed by atoms with E-state index in [0.717, 1.165) is 10.8 Å². The lowest BCUT2D eigenvalue weighted by molar-refractivity contribution is 0.0701. The Morgan fingerprint density at radius 2 is 2.00 bits per heavy atom. The molecule has 0 fully saturated rings. The molecule has 5 heteroatoms. The highest BCUT2D eigenvalue weighted by Crippen LogP contribution is 2.19. The Balaban J connectivity index is 1.90. The third kappa shape index (κ3) is 3.54. The summed E-state index contributed by atoms with van der Waals surface area (Å²) in [5.41, 5.74) is 1.76. The van der Waals surface area contributed by atoms with Gasteiger partial charge in [-0.05, 0) is 26.0 Å². The maximum absolute atomic E-state index is 10.9. The molecule has 0 unspecified atom stereocenters. The van der Waals surface area contributed by atoms with E-state index < -0.39 is 5.97 Å². The van der Waals surface area contributed by atoms with Gasteiger partial charge in [-0.15, -0.1) is 11.3 Å². The second-order valence-electron chi connectivity index (χ2n) is 4.24. The number of rotatable bonds is 5. The third-order valence-electron chi connectivity index (χ3n) is 2.64. The molecule has 2 rings (SSSR count). The smallest absolute Gasteiger partial charge is 0.347 e.